The highest BCUT2D eigenvalue weighted by molar-refractivity contribution is 6.33. The lowest BCUT2D eigenvalue weighted by Crippen LogP contribution is -2.34. The van der Waals surface area contributed by atoms with Crippen LogP contribution in [0, 0.1) is 15.5 Å². The van der Waals surface area contributed by atoms with Crippen molar-refractivity contribution in [2.75, 3.05) is 11.9 Å². The molecule has 1 aromatic carbocycles. The van der Waals surface area contributed by atoms with Gasteiger partial charge in [-0.2, -0.15) is 4.98 Å². The number of alkyl carbamates (subject to hydrolysis) is 1. The smallest absolute Gasteiger partial charge is 0.407 e. The summed E-state index contributed by atoms with van der Waals surface area (Å²) in [5, 5.41) is 17.5. The number of anilines is 1. The molecular formula is C22H29Cl2N5O4. The highest BCUT2D eigenvalue weighted by Crippen LogP contribution is 2.29. The minimum absolute atomic E-state index is 0.0259. The summed E-state index contributed by atoms with van der Waals surface area (Å²) in [6, 6.07) is 5.77. The number of hydrogen-bond acceptors (Lipinski definition) is 7. The number of carbonyl (C=O) groups is 1. The molecule has 180 valence electrons. The van der Waals surface area contributed by atoms with E-state index < -0.39 is 17.1 Å². The number of nitro groups is 1. The Morgan fingerprint density at radius 1 is 1.27 bits per heavy atom. The molecule has 0 saturated heterocycles. The van der Waals surface area contributed by atoms with Crippen molar-refractivity contribution in [1.82, 2.24) is 15.3 Å². The van der Waals surface area contributed by atoms with Gasteiger partial charge in [-0.05, 0) is 48.8 Å². The van der Waals surface area contributed by atoms with E-state index in [9.17, 15) is 14.9 Å². The zero-order chi connectivity index (χ0) is 24.6. The molecule has 2 aromatic rings. The van der Waals surface area contributed by atoms with Crippen molar-refractivity contribution in [2.45, 2.75) is 59.0 Å². The summed E-state index contributed by atoms with van der Waals surface area (Å²) in [6.07, 6.45) is 3.17. The zero-order valence-electron chi connectivity index (χ0n) is 19.1. The highest BCUT2D eigenvalue weighted by atomic mass is 35.5. The van der Waals surface area contributed by atoms with E-state index in [4.69, 9.17) is 27.9 Å². The summed E-state index contributed by atoms with van der Waals surface area (Å²) in [5.41, 5.74) is 0.526. The number of hydrogen-bond donors (Lipinski definition) is 2. The maximum Gasteiger partial charge on any atom is 0.407 e. The largest absolute Gasteiger partial charge is 0.450 e. The molecule has 0 aliphatic carbocycles. The van der Waals surface area contributed by atoms with E-state index in [1.165, 1.54) is 18.3 Å². The number of nitrogens with zero attached hydrogens (tertiary/aromatic N) is 3. The summed E-state index contributed by atoms with van der Waals surface area (Å²) in [4.78, 5) is 30.6. The van der Waals surface area contributed by atoms with Gasteiger partial charge in [-0.15, -0.1) is 0 Å². The van der Waals surface area contributed by atoms with Crippen molar-refractivity contribution in [3.63, 3.8) is 0 Å². The number of nitrogens with one attached hydrogen (secondary N) is 2. The van der Waals surface area contributed by atoms with Gasteiger partial charge in [0.1, 0.15) is 10.8 Å². The van der Waals surface area contributed by atoms with Crippen LogP contribution in [0.4, 0.5) is 16.3 Å². The lowest BCUT2D eigenvalue weighted by molar-refractivity contribution is -0.384. The second-order valence-corrected chi connectivity index (χ2v) is 9.49. The lowest BCUT2D eigenvalue weighted by Gasteiger charge is -2.32. The van der Waals surface area contributed by atoms with Crippen LogP contribution in [0.1, 0.15) is 58.6 Å². The number of amides is 1. The monoisotopic (exact) mass is 497 g/mol. The van der Waals surface area contributed by atoms with E-state index >= 15 is 0 Å². The lowest BCUT2D eigenvalue weighted by atomic mass is 9.83. The summed E-state index contributed by atoms with van der Waals surface area (Å²) in [5.74, 6) is 0.488. The van der Waals surface area contributed by atoms with E-state index in [1.54, 1.807) is 19.1 Å². The van der Waals surface area contributed by atoms with Crippen LogP contribution in [0.5, 0.6) is 0 Å². The quantitative estimate of drug-likeness (QED) is 0.174. The summed E-state index contributed by atoms with van der Waals surface area (Å²) in [7, 11) is 0. The third-order valence-corrected chi connectivity index (χ3v) is 5.57. The Morgan fingerprint density at radius 3 is 2.67 bits per heavy atom. The highest BCUT2D eigenvalue weighted by Gasteiger charge is 2.25. The Kier molecular flexibility index (Phi) is 9.67. The second kappa shape index (κ2) is 12.0. The van der Waals surface area contributed by atoms with E-state index in [0.717, 1.165) is 12.8 Å². The first-order valence-electron chi connectivity index (χ1n) is 10.6. The van der Waals surface area contributed by atoms with Gasteiger partial charge in [0.2, 0.25) is 5.28 Å². The average molecular weight is 498 g/mol. The van der Waals surface area contributed by atoms with E-state index in [1.807, 2.05) is 0 Å². The molecule has 9 nitrogen and oxygen atoms in total. The second-order valence-electron chi connectivity index (χ2n) is 8.75. The fraction of sp³-hybridized carbons (Fsp3) is 0.500. The number of carbonyl (C=O) groups excluding carboxylic acids is 1. The van der Waals surface area contributed by atoms with E-state index in [-0.39, 0.29) is 29.0 Å². The van der Waals surface area contributed by atoms with Gasteiger partial charge in [-0.1, -0.05) is 44.5 Å². The summed E-state index contributed by atoms with van der Waals surface area (Å²) in [6.45, 7) is 8.33. The Hall–Kier alpha value is -2.65. The predicted octanol–water partition coefficient (Wildman–Crippen LogP) is 6.18. The van der Waals surface area contributed by atoms with E-state index in [0.29, 0.717) is 22.8 Å². The van der Waals surface area contributed by atoms with Crippen molar-refractivity contribution >= 4 is 40.8 Å². The SMILES string of the molecule is CC(NC(=O)OCCCC[C@H](Nc1nc(Cl)ncc1Cl)C(C)(C)C)c1cccc([N+](=O)[O-])c1. The molecule has 1 unspecified atom stereocenters. The number of non-ortho nitro benzene ring substituents is 1. The molecule has 11 heteroatoms. The Morgan fingerprint density at radius 2 is 2.00 bits per heavy atom. The predicted molar refractivity (Wildman–Crippen MR) is 129 cm³/mol. The van der Waals surface area contributed by atoms with Crippen LogP contribution in [0.3, 0.4) is 0 Å². The van der Waals surface area contributed by atoms with Gasteiger partial charge >= 0.3 is 6.09 Å². The molecule has 0 spiro atoms. The van der Waals surface area contributed by atoms with Crippen molar-refractivity contribution in [2.24, 2.45) is 5.41 Å². The average Bonchev–Trinajstić information content (AvgIpc) is 2.74. The van der Waals surface area contributed by atoms with Crippen LogP contribution in [0.2, 0.25) is 10.3 Å². The van der Waals surface area contributed by atoms with Gasteiger partial charge < -0.3 is 15.4 Å². The van der Waals surface area contributed by atoms with Gasteiger partial charge in [-0.25, -0.2) is 9.78 Å². The number of halogens is 2. The summed E-state index contributed by atoms with van der Waals surface area (Å²) < 4.78 is 5.27. The number of nitro benzene ring substituents is 1. The van der Waals surface area contributed by atoms with Crippen molar-refractivity contribution in [3.8, 4) is 0 Å². The number of aromatic nitrogens is 2. The zero-order valence-corrected chi connectivity index (χ0v) is 20.6. The van der Waals surface area contributed by atoms with Crippen molar-refractivity contribution < 1.29 is 14.5 Å². The van der Waals surface area contributed by atoms with Crippen LogP contribution in [0.25, 0.3) is 0 Å². The Bertz CT molecular complexity index is 968. The van der Waals surface area contributed by atoms with Crippen LogP contribution in [-0.4, -0.2) is 33.6 Å². The minimum atomic E-state index is -0.568. The van der Waals surface area contributed by atoms with Gasteiger partial charge in [0.15, 0.2) is 0 Å². The third kappa shape index (κ3) is 8.66. The topological polar surface area (TPSA) is 119 Å². The fourth-order valence-corrected chi connectivity index (χ4v) is 3.44. The molecule has 0 bridgehead atoms. The number of rotatable bonds is 10. The molecule has 0 saturated carbocycles. The van der Waals surface area contributed by atoms with Gasteiger partial charge in [0.25, 0.3) is 5.69 Å². The first-order valence-corrected chi connectivity index (χ1v) is 11.3. The number of ether oxygens (including phenoxy) is 1. The molecule has 2 rings (SSSR count). The minimum Gasteiger partial charge on any atom is -0.450 e. The standard InChI is InChI=1S/C22H29Cl2N5O4/c1-14(15-8-7-9-16(12-15)29(31)32)26-21(30)33-11-6-5-10-18(22(2,3)4)27-19-17(23)13-25-20(24)28-19/h7-9,12-14,18H,5-6,10-11H2,1-4H3,(H,26,30)(H,25,27,28)/t14?,18-/m0/s1. The first-order chi connectivity index (χ1) is 15.5. The number of unbranched alkanes of at least 4 members (excludes halogenated alkanes) is 1. The number of benzene rings is 1. The van der Waals surface area contributed by atoms with Gasteiger partial charge in [0, 0.05) is 18.2 Å². The molecule has 0 fully saturated rings. The molecule has 2 atom stereocenters. The van der Waals surface area contributed by atoms with Crippen LogP contribution < -0.4 is 10.6 Å². The maximum absolute atomic E-state index is 12.1. The first kappa shape index (κ1) is 26.6. The molecule has 0 aliphatic rings. The fourth-order valence-electron chi connectivity index (χ4n) is 3.16. The molecule has 1 amide bonds. The normalized spacial score (nSPS) is 13.2. The molecule has 0 aliphatic heterocycles. The van der Waals surface area contributed by atoms with Crippen molar-refractivity contribution in [1.29, 1.82) is 0 Å². The maximum atomic E-state index is 12.1. The third-order valence-electron chi connectivity index (χ3n) is 5.11. The molecular weight excluding hydrogens is 469 g/mol. The van der Waals surface area contributed by atoms with Crippen LogP contribution >= 0.6 is 23.2 Å². The molecule has 1 heterocycles. The van der Waals surface area contributed by atoms with Crippen LogP contribution in [0.15, 0.2) is 30.5 Å². The van der Waals surface area contributed by atoms with Gasteiger partial charge in [-0.3, -0.25) is 10.1 Å². The van der Waals surface area contributed by atoms with Crippen molar-refractivity contribution in [3.05, 3.63) is 56.4 Å². The molecule has 33 heavy (non-hydrogen) atoms. The van der Waals surface area contributed by atoms with Crippen LogP contribution in [-0.2, 0) is 4.74 Å². The Balaban J connectivity index is 1.79. The molecule has 1 aromatic heterocycles. The summed E-state index contributed by atoms with van der Waals surface area (Å²) >= 11 is 12.1. The van der Waals surface area contributed by atoms with E-state index in [2.05, 4.69) is 41.4 Å². The Labute approximate surface area is 203 Å². The van der Waals surface area contributed by atoms with Gasteiger partial charge in [0.05, 0.1) is 23.8 Å². The molecule has 2 N–H and O–H groups in total. The molecule has 0 radical (unpaired) electrons.